The molecule has 1 N–H and O–H groups in total. The number of amides is 1. The highest BCUT2D eigenvalue weighted by atomic mass is 32.2. The average Bonchev–Trinajstić information content (AvgIpc) is 2.38. The van der Waals surface area contributed by atoms with Crippen LogP contribution in [0.1, 0.15) is 17.3 Å². The molecule has 0 radical (unpaired) electrons. The van der Waals surface area contributed by atoms with Crippen molar-refractivity contribution in [2.24, 2.45) is 5.92 Å². The minimum atomic E-state index is -3.59. The van der Waals surface area contributed by atoms with Crippen molar-refractivity contribution in [1.29, 1.82) is 5.26 Å². The first-order chi connectivity index (χ1) is 9.64. The van der Waals surface area contributed by atoms with E-state index in [4.69, 9.17) is 5.26 Å². The Balaban J connectivity index is 3.13. The van der Waals surface area contributed by atoms with Crippen LogP contribution >= 0.6 is 0 Å². The van der Waals surface area contributed by atoms with E-state index in [2.05, 4.69) is 4.72 Å². The van der Waals surface area contributed by atoms with Gasteiger partial charge in [-0.05, 0) is 25.1 Å². The van der Waals surface area contributed by atoms with Gasteiger partial charge >= 0.3 is 0 Å². The number of nitriles is 1. The van der Waals surface area contributed by atoms with Gasteiger partial charge in [0, 0.05) is 13.6 Å². The predicted octanol–water partition coefficient (Wildman–Crippen LogP) is 1.43. The fourth-order valence-electron chi connectivity index (χ4n) is 1.72. The maximum Gasteiger partial charge on any atom is 0.255 e. The molecule has 1 unspecified atom stereocenters. The van der Waals surface area contributed by atoms with Crippen molar-refractivity contribution in [2.75, 3.05) is 24.6 Å². The Kier molecular flexibility index (Phi) is 5.27. The summed E-state index contributed by atoms with van der Waals surface area (Å²) in [6, 6.07) is 5.19. The minimum Gasteiger partial charge on any atom is -0.340 e. The molecule has 1 aromatic rings. The second-order valence-electron chi connectivity index (χ2n) is 4.78. The van der Waals surface area contributed by atoms with Crippen LogP contribution in [0.15, 0.2) is 18.2 Å². The normalized spacial score (nSPS) is 12.3. The lowest BCUT2D eigenvalue weighted by molar-refractivity contribution is 0.0785. The topological polar surface area (TPSA) is 90.3 Å². The van der Waals surface area contributed by atoms with Crippen molar-refractivity contribution < 1.29 is 17.6 Å². The van der Waals surface area contributed by atoms with Gasteiger partial charge in [0.2, 0.25) is 10.0 Å². The molecule has 1 aromatic carbocycles. The maximum absolute atomic E-state index is 13.3. The van der Waals surface area contributed by atoms with Crippen molar-refractivity contribution in [1.82, 2.24) is 4.90 Å². The molecule has 0 spiro atoms. The van der Waals surface area contributed by atoms with Crippen molar-refractivity contribution >= 4 is 21.6 Å². The van der Waals surface area contributed by atoms with Crippen LogP contribution in [0.3, 0.4) is 0 Å². The van der Waals surface area contributed by atoms with Crippen LogP contribution in [-0.2, 0) is 10.0 Å². The summed E-state index contributed by atoms with van der Waals surface area (Å²) in [5, 5.41) is 8.75. The highest BCUT2D eigenvalue weighted by Gasteiger charge is 2.20. The first kappa shape index (κ1) is 16.9. The monoisotopic (exact) mass is 313 g/mol. The standard InChI is InChI=1S/C13H16FN3O3S/c1-9(7-15)8-17(2)13(18)11-6-10(14)4-5-12(11)16-21(3,19)20/h4-6,9,16H,8H2,1-3H3. The van der Waals surface area contributed by atoms with E-state index in [1.807, 2.05) is 6.07 Å². The molecule has 0 aliphatic heterocycles. The first-order valence-corrected chi connectivity index (χ1v) is 7.95. The van der Waals surface area contributed by atoms with Crippen molar-refractivity contribution in [3.8, 4) is 6.07 Å². The average molecular weight is 313 g/mol. The first-order valence-electron chi connectivity index (χ1n) is 6.06. The van der Waals surface area contributed by atoms with Gasteiger partial charge in [-0.1, -0.05) is 0 Å². The molecule has 6 nitrogen and oxygen atoms in total. The third kappa shape index (κ3) is 5.04. The molecule has 0 aromatic heterocycles. The van der Waals surface area contributed by atoms with E-state index >= 15 is 0 Å². The lowest BCUT2D eigenvalue weighted by atomic mass is 10.1. The van der Waals surface area contributed by atoms with Crippen LogP contribution in [-0.4, -0.2) is 39.1 Å². The van der Waals surface area contributed by atoms with Gasteiger partial charge in [0.05, 0.1) is 29.5 Å². The number of carbonyl (C=O) groups excluding carboxylic acids is 1. The van der Waals surface area contributed by atoms with Crippen LogP contribution in [0, 0.1) is 23.1 Å². The fourth-order valence-corrected chi connectivity index (χ4v) is 2.30. The number of nitrogens with one attached hydrogen (secondary N) is 1. The Hall–Kier alpha value is -2.14. The number of hydrogen-bond acceptors (Lipinski definition) is 4. The number of anilines is 1. The molecule has 0 saturated heterocycles. The van der Waals surface area contributed by atoms with Gasteiger partial charge in [-0.3, -0.25) is 9.52 Å². The molecule has 0 bridgehead atoms. The molecule has 0 aliphatic carbocycles. The Bertz CT molecular complexity index is 682. The Morgan fingerprint density at radius 2 is 2.14 bits per heavy atom. The molecule has 0 heterocycles. The van der Waals surface area contributed by atoms with Crippen LogP contribution in [0.4, 0.5) is 10.1 Å². The van der Waals surface area contributed by atoms with E-state index in [0.717, 1.165) is 18.4 Å². The quantitative estimate of drug-likeness (QED) is 0.890. The van der Waals surface area contributed by atoms with E-state index in [1.54, 1.807) is 6.92 Å². The van der Waals surface area contributed by atoms with Gasteiger partial charge < -0.3 is 4.90 Å². The van der Waals surface area contributed by atoms with Crippen molar-refractivity contribution in [3.63, 3.8) is 0 Å². The molecule has 0 fully saturated rings. The van der Waals surface area contributed by atoms with Crippen molar-refractivity contribution in [3.05, 3.63) is 29.6 Å². The minimum absolute atomic E-state index is 0.000334. The SMILES string of the molecule is CC(C#N)CN(C)C(=O)c1cc(F)ccc1NS(C)(=O)=O. The largest absolute Gasteiger partial charge is 0.340 e. The predicted molar refractivity (Wildman–Crippen MR) is 76.6 cm³/mol. The molecule has 8 heteroatoms. The zero-order chi connectivity index (χ0) is 16.2. The smallest absolute Gasteiger partial charge is 0.255 e. The van der Waals surface area contributed by atoms with Gasteiger partial charge in [0.25, 0.3) is 5.91 Å². The van der Waals surface area contributed by atoms with Crippen LogP contribution in [0.2, 0.25) is 0 Å². The zero-order valence-electron chi connectivity index (χ0n) is 11.9. The fraction of sp³-hybridized carbons (Fsp3) is 0.385. The number of rotatable bonds is 5. The summed E-state index contributed by atoms with van der Waals surface area (Å²) in [5.41, 5.74) is -0.103. The highest BCUT2D eigenvalue weighted by molar-refractivity contribution is 7.92. The van der Waals surface area contributed by atoms with E-state index < -0.39 is 21.7 Å². The number of nitrogens with zero attached hydrogens (tertiary/aromatic N) is 2. The molecular weight excluding hydrogens is 297 g/mol. The molecule has 1 amide bonds. The summed E-state index contributed by atoms with van der Waals surface area (Å²) in [6.07, 6.45) is 0.937. The van der Waals surface area contributed by atoms with Crippen molar-refractivity contribution in [2.45, 2.75) is 6.92 Å². The molecule has 0 saturated carbocycles. The lowest BCUT2D eigenvalue weighted by Crippen LogP contribution is -2.31. The van der Waals surface area contributed by atoms with E-state index in [0.29, 0.717) is 0 Å². The second-order valence-corrected chi connectivity index (χ2v) is 6.53. The second kappa shape index (κ2) is 6.54. The Morgan fingerprint density at radius 1 is 1.52 bits per heavy atom. The molecule has 0 aliphatic rings. The molecular formula is C13H16FN3O3S. The van der Waals surface area contributed by atoms with Gasteiger partial charge in [-0.25, -0.2) is 12.8 Å². The third-order valence-corrected chi connectivity index (χ3v) is 3.21. The molecule has 114 valence electrons. The summed E-state index contributed by atoms with van der Waals surface area (Å²) in [7, 11) is -2.13. The summed E-state index contributed by atoms with van der Waals surface area (Å²) >= 11 is 0. The van der Waals surface area contributed by atoms with E-state index in [-0.39, 0.29) is 23.7 Å². The summed E-state index contributed by atoms with van der Waals surface area (Å²) in [4.78, 5) is 13.5. The number of carbonyl (C=O) groups is 1. The number of sulfonamides is 1. The number of hydrogen-bond donors (Lipinski definition) is 1. The maximum atomic E-state index is 13.3. The van der Waals surface area contributed by atoms with Gasteiger partial charge in [-0.2, -0.15) is 5.26 Å². The summed E-state index contributed by atoms with van der Waals surface area (Å²) in [6.45, 7) is 1.80. The molecule has 1 atom stereocenters. The van der Waals surface area contributed by atoms with Crippen LogP contribution in [0.25, 0.3) is 0 Å². The highest BCUT2D eigenvalue weighted by Crippen LogP contribution is 2.20. The Labute approximate surface area is 123 Å². The molecule has 21 heavy (non-hydrogen) atoms. The number of benzene rings is 1. The summed E-state index contributed by atoms with van der Waals surface area (Å²) < 4.78 is 38.1. The lowest BCUT2D eigenvalue weighted by Gasteiger charge is -2.20. The Morgan fingerprint density at radius 3 is 2.67 bits per heavy atom. The van der Waals surface area contributed by atoms with E-state index in [9.17, 15) is 17.6 Å². The third-order valence-electron chi connectivity index (χ3n) is 2.62. The van der Waals surface area contributed by atoms with E-state index in [1.165, 1.54) is 18.0 Å². The van der Waals surface area contributed by atoms with Crippen LogP contribution in [0.5, 0.6) is 0 Å². The van der Waals surface area contributed by atoms with Crippen LogP contribution < -0.4 is 4.72 Å². The zero-order valence-corrected chi connectivity index (χ0v) is 12.7. The summed E-state index contributed by atoms with van der Waals surface area (Å²) in [5.74, 6) is -1.61. The van der Waals surface area contributed by atoms with Gasteiger partial charge in [0.1, 0.15) is 5.82 Å². The number of halogens is 1. The van der Waals surface area contributed by atoms with Gasteiger partial charge in [-0.15, -0.1) is 0 Å². The molecule has 1 rings (SSSR count). The van der Waals surface area contributed by atoms with Gasteiger partial charge in [0.15, 0.2) is 0 Å².